The Morgan fingerprint density at radius 3 is 2.53 bits per heavy atom. The molecule has 0 fully saturated rings. The summed E-state index contributed by atoms with van der Waals surface area (Å²) in [5, 5.41) is 12.8. The lowest BCUT2D eigenvalue weighted by Crippen LogP contribution is -2.28. The summed E-state index contributed by atoms with van der Waals surface area (Å²) in [6, 6.07) is 12.0. The number of rotatable bonds is 6. The first-order valence-corrected chi connectivity index (χ1v) is 9.81. The third-order valence-electron chi connectivity index (χ3n) is 4.19. The number of hydrogen-bond donors (Lipinski definition) is 2. The molecule has 1 amide bonds. The molecule has 6 nitrogen and oxygen atoms in total. The normalized spacial score (nSPS) is 11.6. The number of pyridine rings is 1. The maximum atomic E-state index is 12.9. The van der Waals surface area contributed by atoms with Gasteiger partial charge in [0.1, 0.15) is 16.3 Å². The monoisotopic (exact) mass is 464 g/mol. The molecule has 3 rings (SSSR count). The molecule has 0 aliphatic carbocycles. The number of aromatic carboxylic acids is 1. The number of carboxylic acid groups (broad SMARTS) is 1. The van der Waals surface area contributed by atoms with E-state index in [-0.39, 0.29) is 37.8 Å². The van der Waals surface area contributed by atoms with E-state index in [1.54, 1.807) is 43.3 Å². The largest absolute Gasteiger partial charge is 0.478 e. The van der Waals surface area contributed by atoms with Crippen LogP contribution in [0.4, 0.5) is 0 Å². The molecule has 1 heterocycles. The molecule has 0 spiro atoms. The van der Waals surface area contributed by atoms with Crippen LogP contribution in [0.25, 0.3) is 0 Å². The zero-order valence-electron chi connectivity index (χ0n) is 15.5. The number of carboxylic acids is 1. The van der Waals surface area contributed by atoms with Gasteiger partial charge in [0, 0.05) is 6.20 Å². The Morgan fingerprint density at radius 1 is 1.07 bits per heavy atom. The van der Waals surface area contributed by atoms with E-state index in [1.165, 1.54) is 18.3 Å². The molecular formula is C21H15Cl3N2O4. The maximum absolute atomic E-state index is 12.9. The molecule has 154 valence electrons. The van der Waals surface area contributed by atoms with Gasteiger partial charge in [-0.15, -0.1) is 0 Å². The van der Waals surface area contributed by atoms with Crippen molar-refractivity contribution in [2.75, 3.05) is 0 Å². The predicted octanol–water partition coefficient (Wildman–Crippen LogP) is 6.02. The third kappa shape index (κ3) is 4.84. The number of benzene rings is 2. The van der Waals surface area contributed by atoms with Crippen LogP contribution in [0, 0.1) is 0 Å². The summed E-state index contributed by atoms with van der Waals surface area (Å²) < 4.78 is 5.71. The van der Waals surface area contributed by atoms with Gasteiger partial charge in [-0.2, -0.15) is 0 Å². The topological polar surface area (TPSA) is 88.5 Å². The number of carbonyl (C=O) groups excluding carboxylic acids is 1. The van der Waals surface area contributed by atoms with Gasteiger partial charge in [-0.3, -0.25) is 4.79 Å². The van der Waals surface area contributed by atoms with Crippen LogP contribution >= 0.6 is 34.8 Å². The number of nitrogens with zero attached hydrogens (tertiary/aromatic N) is 1. The van der Waals surface area contributed by atoms with Crippen LogP contribution in [-0.2, 0) is 0 Å². The first kappa shape index (κ1) is 21.9. The van der Waals surface area contributed by atoms with Gasteiger partial charge in [-0.05, 0) is 36.8 Å². The quantitative estimate of drug-likeness (QED) is 0.464. The number of amides is 1. The maximum Gasteiger partial charge on any atom is 0.336 e. The summed E-state index contributed by atoms with van der Waals surface area (Å²) in [5.74, 6) is -1.45. The molecule has 2 N–H and O–H groups in total. The second kappa shape index (κ2) is 9.34. The van der Waals surface area contributed by atoms with Gasteiger partial charge in [0.15, 0.2) is 0 Å². The van der Waals surface area contributed by atoms with Crippen molar-refractivity contribution >= 4 is 46.7 Å². The van der Waals surface area contributed by atoms with Gasteiger partial charge in [0.2, 0.25) is 5.88 Å². The van der Waals surface area contributed by atoms with Gasteiger partial charge in [0.05, 0.1) is 21.7 Å². The zero-order chi connectivity index (χ0) is 21.8. The molecule has 2 aromatic carbocycles. The molecule has 0 saturated carbocycles. The lowest BCUT2D eigenvalue weighted by molar-refractivity contribution is 0.0693. The molecule has 30 heavy (non-hydrogen) atoms. The molecule has 0 radical (unpaired) electrons. The van der Waals surface area contributed by atoms with Crippen molar-refractivity contribution in [1.82, 2.24) is 10.3 Å². The molecule has 9 heteroatoms. The summed E-state index contributed by atoms with van der Waals surface area (Å²) in [6.07, 6.45) is 1.33. The van der Waals surface area contributed by atoms with Crippen molar-refractivity contribution in [3.63, 3.8) is 0 Å². The Labute approximate surface area is 187 Å². The molecule has 0 bridgehead atoms. The molecule has 1 atom stereocenters. The Kier molecular flexibility index (Phi) is 6.82. The predicted molar refractivity (Wildman–Crippen MR) is 115 cm³/mol. The number of aromatic nitrogens is 1. The van der Waals surface area contributed by atoms with E-state index in [0.717, 1.165) is 0 Å². The van der Waals surface area contributed by atoms with Gasteiger partial charge in [-0.25, -0.2) is 9.78 Å². The fourth-order valence-corrected chi connectivity index (χ4v) is 3.25. The summed E-state index contributed by atoms with van der Waals surface area (Å²) in [7, 11) is 0. The lowest BCUT2D eigenvalue weighted by Gasteiger charge is -2.18. The van der Waals surface area contributed by atoms with Gasteiger partial charge in [-0.1, -0.05) is 59.1 Å². The summed E-state index contributed by atoms with van der Waals surface area (Å²) in [5.41, 5.74) is 0.601. The number of nitrogens with one attached hydrogen (secondary N) is 1. The zero-order valence-corrected chi connectivity index (χ0v) is 17.8. The van der Waals surface area contributed by atoms with Crippen molar-refractivity contribution in [2.45, 2.75) is 13.0 Å². The summed E-state index contributed by atoms with van der Waals surface area (Å²) in [6.45, 7) is 1.67. The van der Waals surface area contributed by atoms with E-state index in [9.17, 15) is 14.7 Å². The number of carbonyl (C=O) groups is 2. The van der Waals surface area contributed by atoms with E-state index in [2.05, 4.69) is 10.3 Å². The van der Waals surface area contributed by atoms with Crippen LogP contribution in [0.3, 0.4) is 0 Å². The smallest absolute Gasteiger partial charge is 0.336 e. The standard InChI is InChI=1S/C21H15Cl3N2O4/c1-11(13-5-2-3-6-14(13)21(28)29)26-19(27)15-9-12(22)10-25-20(15)30-17-8-4-7-16(23)18(17)24/h2-11H,1H3,(H,26,27)(H,28,29)/t11-/m0/s1. The van der Waals surface area contributed by atoms with Crippen molar-refractivity contribution in [3.8, 4) is 11.6 Å². The molecule has 0 aliphatic heterocycles. The van der Waals surface area contributed by atoms with E-state index < -0.39 is 17.9 Å². The number of halogens is 3. The Bertz CT molecular complexity index is 1120. The fourth-order valence-electron chi connectivity index (χ4n) is 2.76. The average Bonchev–Trinajstić information content (AvgIpc) is 2.72. The minimum atomic E-state index is -1.09. The highest BCUT2D eigenvalue weighted by Gasteiger charge is 2.21. The van der Waals surface area contributed by atoms with Crippen LogP contribution in [0.1, 0.15) is 39.2 Å². The van der Waals surface area contributed by atoms with Crippen molar-refractivity contribution in [3.05, 3.63) is 86.5 Å². The van der Waals surface area contributed by atoms with Crippen LogP contribution in [0.2, 0.25) is 15.1 Å². The Morgan fingerprint density at radius 2 is 1.80 bits per heavy atom. The molecule has 0 aliphatic rings. The van der Waals surface area contributed by atoms with Crippen molar-refractivity contribution < 1.29 is 19.4 Å². The first-order chi connectivity index (χ1) is 14.3. The van der Waals surface area contributed by atoms with E-state index in [1.807, 2.05) is 0 Å². The molecular weight excluding hydrogens is 451 g/mol. The fraction of sp³-hybridized carbons (Fsp3) is 0.0952. The van der Waals surface area contributed by atoms with Gasteiger partial charge < -0.3 is 15.2 Å². The highest BCUT2D eigenvalue weighted by molar-refractivity contribution is 6.42. The summed E-state index contributed by atoms with van der Waals surface area (Å²) in [4.78, 5) is 28.5. The number of ether oxygens (including phenoxy) is 1. The number of hydrogen-bond acceptors (Lipinski definition) is 4. The third-order valence-corrected chi connectivity index (χ3v) is 5.20. The minimum Gasteiger partial charge on any atom is -0.478 e. The molecule has 1 aromatic heterocycles. The first-order valence-electron chi connectivity index (χ1n) is 8.68. The Balaban J connectivity index is 1.90. The summed E-state index contributed by atoms with van der Waals surface area (Å²) >= 11 is 18.2. The van der Waals surface area contributed by atoms with Crippen LogP contribution in [0.5, 0.6) is 11.6 Å². The second-order valence-corrected chi connectivity index (χ2v) is 7.47. The van der Waals surface area contributed by atoms with Gasteiger partial charge >= 0.3 is 5.97 Å². The lowest BCUT2D eigenvalue weighted by atomic mass is 10.0. The molecule has 0 unspecified atom stereocenters. The molecule has 3 aromatic rings. The van der Waals surface area contributed by atoms with E-state index in [0.29, 0.717) is 5.56 Å². The SMILES string of the molecule is C[C@H](NC(=O)c1cc(Cl)cnc1Oc1cccc(Cl)c1Cl)c1ccccc1C(=O)O. The van der Waals surface area contributed by atoms with Crippen molar-refractivity contribution in [1.29, 1.82) is 0 Å². The van der Waals surface area contributed by atoms with E-state index >= 15 is 0 Å². The minimum absolute atomic E-state index is 0.0280. The molecule has 0 saturated heterocycles. The second-order valence-electron chi connectivity index (χ2n) is 6.25. The van der Waals surface area contributed by atoms with Crippen molar-refractivity contribution in [2.24, 2.45) is 0 Å². The average molecular weight is 466 g/mol. The highest BCUT2D eigenvalue weighted by atomic mass is 35.5. The van der Waals surface area contributed by atoms with Crippen LogP contribution < -0.4 is 10.1 Å². The van der Waals surface area contributed by atoms with Gasteiger partial charge in [0.25, 0.3) is 5.91 Å². The highest BCUT2D eigenvalue weighted by Crippen LogP contribution is 2.35. The van der Waals surface area contributed by atoms with Crippen LogP contribution in [0.15, 0.2) is 54.7 Å². The van der Waals surface area contributed by atoms with Crippen LogP contribution in [-0.4, -0.2) is 22.0 Å². The van der Waals surface area contributed by atoms with E-state index in [4.69, 9.17) is 39.5 Å². The Hall–Kier alpha value is -2.80.